The number of rotatable bonds is 1. The Morgan fingerprint density at radius 3 is 2.47 bits per heavy atom. The van der Waals surface area contributed by atoms with Crippen LogP contribution in [-0.2, 0) is 0 Å². The Kier molecular flexibility index (Phi) is 2.67. The highest BCUT2D eigenvalue weighted by Crippen LogP contribution is 2.35. The summed E-state index contributed by atoms with van der Waals surface area (Å²) in [5, 5.41) is 0. The SMILES string of the molecule is CC1(C)CC(=O)c2cc(-c3ccccc3)ccc2O1. The zero-order chi connectivity index (χ0) is 13.5. The van der Waals surface area contributed by atoms with Crippen LogP contribution >= 0.6 is 0 Å². The normalized spacial score (nSPS) is 16.6. The molecule has 0 aliphatic carbocycles. The van der Waals surface area contributed by atoms with Gasteiger partial charge in [-0.2, -0.15) is 0 Å². The summed E-state index contributed by atoms with van der Waals surface area (Å²) in [6.45, 7) is 3.89. The number of benzene rings is 2. The van der Waals surface area contributed by atoms with E-state index in [9.17, 15) is 4.79 Å². The zero-order valence-corrected chi connectivity index (χ0v) is 11.1. The molecule has 0 aromatic heterocycles. The van der Waals surface area contributed by atoms with Gasteiger partial charge < -0.3 is 4.74 Å². The van der Waals surface area contributed by atoms with E-state index in [1.165, 1.54) is 0 Å². The molecule has 0 unspecified atom stereocenters. The monoisotopic (exact) mass is 252 g/mol. The van der Waals surface area contributed by atoms with Crippen molar-refractivity contribution < 1.29 is 9.53 Å². The topological polar surface area (TPSA) is 26.3 Å². The molecule has 3 rings (SSSR count). The van der Waals surface area contributed by atoms with Gasteiger partial charge in [-0.1, -0.05) is 36.4 Å². The van der Waals surface area contributed by atoms with E-state index in [4.69, 9.17) is 4.74 Å². The molecule has 0 radical (unpaired) electrons. The highest BCUT2D eigenvalue weighted by atomic mass is 16.5. The number of hydrogen-bond donors (Lipinski definition) is 0. The van der Waals surface area contributed by atoms with Crippen molar-refractivity contribution in [2.45, 2.75) is 25.9 Å². The van der Waals surface area contributed by atoms with E-state index in [1.807, 2.05) is 62.4 Å². The van der Waals surface area contributed by atoms with Gasteiger partial charge in [-0.3, -0.25) is 4.79 Å². The van der Waals surface area contributed by atoms with Crippen LogP contribution in [0.1, 0.15) is 30.6 Å². The van der Waals surface area contributed by atoms with Gasteiger partial charge >= 0.3 is 0 Å². The van der Waals surface area contributed by atoms with Gasteiger partial charge in [0.1, 0.15) is 11.4 Å². The van der Waals surface area contributed by atoms with Gasteiger partial charge in [-0.05, 0) is 37.1 Å². The molecule has 0 spiro atoms. The van der Waals surface area contributed by atoms with Gasteiger partial charge in [0.05, 0.1) is 12.0 Å². The summed E-state index contributed by atoms with van der Waals surface area (Å²) in [5.41, 5.74) is 2.46. The van der Waals surface area contributed by atoms with Crippen molar-refractivity contribution in [3.05, 3.63) is 54.1 Å². The standard InChI is InChI=1S/C17H16O2/c1-17(2)11-15(18)14-10-13(8-9-16(14)19-17)12-6-4-3-5-7-12/h3-10H,11H2,1-2H3. The molecule has 96 valence electrons. The maximum atomic E-state index is 12.2. The van der Waals surface area contributed by atoms with Crippen LogP contribution in [0.3, 0.4) is 0 Å². The molecule has 1 aliphatic rings. The molecular weight excluding hydrogens is 236 g/mol. The van der Waals surface area contributed by atoms with Crippen molar-refractivity contribution in [3.63, 3.8) is 0 Å². The van der Waals surface area contributed by atoms with Crippen molar-refractivity contribution in [2.75, 3.05) is 0 Å². The fourth-order valence-corrected chi connectivity index (χ4v) is 2.46. The second-order valence-electron chi connectivity index (χ2n) is 5.54. The second kappa shape index (κ2) is 4.23. The predicted molar refractivity (Wildman–Crippen MR) is 75.5 cm³/mol. The molecule has 2 aromatic rings. The van der Waals surface area contributed by atoms with E-state index in [-0.39, 0.29) is 5.78 Å². The molecule has 1 heterocycles. The maximum Gasteiger partial charge on any atom is 0.170 e. The number of ketones is 1. The molecule has 0 saturated carbocycles. The predicted octanol–water partition coefficient (Wildman–Crippen LogP) is 4.10. The highest BCUT2D eigenvalue weighted by molar-refractivity contribution is 6.01. The van der Waals surface area contributed by atoms with E-state index < -0.39 is 5.60 Å². The lowest BCUT2D eigenvalue weighted by Gasteiger charge is -2.31. The van der Waals surface area contributed by atoms with Gasteiger partial charge in [0.15, 0.2) is 5.78 Å². The Bertz CT molecular complexity index is 627. The molecule has 0 fully saturated rings. The number of Topliss-reactive ketones (excluding diaryl/α,β-unsaturated/α-hetero) is 1. The molecular formula is C17H16O2. The van der Waals surface area contributed by atoms with Crippen LogP contribution in [0.15, 0.2) is 48.5 Å². The minimum atomic E-state index is -0.404. The summed E-state index contributed by atoms with van der Waals surface area (Å²) < 4.78 is 5.86. The fourth-order valence-electron chi connectivity index (χ4n) is 2.46. The minimum Gasteiger partial charge on any atom is -0.487 e. The van der Waals surface area contributed by atoms with Gasteiger partial charge in [-0.25, -0.2) is 0 Å². The molecule has 0 saturated heterocycles. The van der Waals surface area contributed by atoms with Gasteiger partial charge in [0, 0.05) is 0 Å². The molecule has 19 heavy (non-hydrogen) atoms. The van der Waals surface area contributed by atoms with Crippen molar-refractivity contribution in [2.24, 2.45) is 0 Å². The molecule has 1 aliphatic heterocycles. The van der Waals surface area contributed by atoms with Crippen LogP contribution in [0.5, 0.6) is 5.75 Å². The number of hydrogen-bond acceptors (Lipinski definition) is 2. The highest BCUT2D eigenvalue weighted by Gasteiger charge is 2.32. The average molecular weight is 252 g/mol. The quantitative estimate of drug-likeness (QED) is 0.763. The van der Waals surface area contributed by atoms with Crippen LogP contribution in [0.4, 0.5) is 0 Å². The van der Waals surface area contributed by atoms with Crippen LogP contribution in [-0.4, -0.2) is 11.4 Å². The molecule has 2 heteroatoms. The van der Waals surface area contributed by atoms with E-state index in [1.54, 1.807) is 0 Å². The smallest absolute Gasteiger partial charge is 0.170 e. The average Bonchev–Trinajstić information content (AvgIpc) is 2.38. The van der Waals surface area contributed by atoms with E-state index in [2.05, 4.69) is 0 Å². The lowest BCUT2D eigenvalue weighted by molar-refractivity contribution is 0.0620. The third-order valence-electron chi connectivity index (χ3n) is 3.36. The summed E-state index contributed by atoms with van der Waals surface area (Å²) in [6, 6.07) is 15.9. The first-order valence-corrected chi connectivity index (χ1v) is 6.47. The summed E-state index contributed by atoms with van der Waals surface area (Å²) in [6.07, 6.45) is 0.429. The van der Waals surface area contributed by atoms with E-state index in [0.29, 0.717) is 17.7 Å². The first-order valence-electron chi connectivity index (χ1n) is 6.47. The van der Waals surface area contributed by atoms with E-state index >= 15 is 0 Å². The number of ether oxygens (including phenoxy) is 1. The van der Waals surface area contributed by atoms with Gasteiger partial charge in [0.2, 0.25) is 0 Å². The third kappa shape index (κ3) is 2.26. The molecule has 2 nitrogen and oxygen atoms in total. The Morgan fingerprint density at radius 1 is 1.00 bits per heavy atom. The van der Waals surface area contributed by atoms with Crippen molar-refractivity contribution >= 4 is 5.78 Å². The summed E-state index contributed by atoms with van der Waals surface area (Å²) in [4.78, 5) is 12.2. The van der Waals surface area contributed by atoms with E-state index in [0.717, 1.165) is 11.1 Å². The molecule has 0 amide bonds. The first kappa shape index (κ1) is 12.0. The van der Waals surface area contributed by atoms with Gasteiger partial charge in [-0.15, -0.1) is 0 Å². The number of carbonyl (C=O) groups is 1. The van der Waals surface area contributed by atoms with Crippen LogP contribution < -0.4 is 4.74 Å². The molecule has 0 atom stereocenters. The molecule has 0 N–H and O–H groups in total. The Morgan fingerprint density at radius 2 is 1.74 bits per heavy atom. The third-order valence-corrected chi connectivity index (χ3v) is 3.36. The first-order chi connectivity index (χ1) is 9.05. The van der Waals surface area contributed by atoms with Crippen molar-refractivity contribution in [1.29, 1.82) is 0 Å². The summed E-state index contributed by atoms with van der Waals surface area (Å²) in [5.74, 6) is 0.852. The van der Waals surface area contributed by atoms with Crippen LogP contribution in [0.25, 0.3) is 11.1 Å². The number of fused-ring (bicyclic) bond motifs is 1. The fraction of sp³-hybridized carbons (Fsp3) is 0.235. The Balaban J connectivity index is 2.06. The number of carbonyl (C=O) groups excluding carboxylic acids is 1. The second-order valence-corrected chi connectivity index (χ2v) is 5.54. The zero-order valence-electron chi connectivity index (χ0n) is 11.1. The van der Waals surface area contributed by atoms with Crippen LogP contribution in [0, 0.1) is 0 Å². The van der Waals surface area contributed by atoms with Crippen molar-refractivity contribution in [1.82, 2.24) is 0 Å². The maximum absolute atomic E-state index is 12.2. The lowest BCUT2D eigenvalue weighted by Crippen LogP contribution is -2.35. The lowest BCUT2D eigenvalue weighted by atomic mass is 9.91. The Labute approximate surface area is 113 Å². The molecule has 2 aromatic carbocycles. The summed E-state index contributed by atoms with van der Waals surface area (Å²) in [7, 11) is 0. The van der Waals surface area contributed by atoms with Gasteiger partial charge in [0.25, 0.3) is 0 Å². The van der Waals surface area contributed by atoms with Crippen molar-refractivity contribution in [3.8, 4) is 16.9 Å². The van der Waals surface area contributed by atoms with Crippen LogP contribution in [0.2, 0.25) is 0 Å². The summed E-state index contributed by atoms with van der Waals surface area (Å²) >= 11 is 0. The molecule has 0 bridgehead atoms. The largest absolute Gasteiger partial charge is 0.487 e. The Hall–Kier alpha value is -2.09. The minimum absolute atomic E-state index is 0.157.